The molecule has 0 aliphatic heterocycles. The van der Waals surface area contributed by atoms with Gasteiger partial charge in [0, 0.05) is 12.6 Å². The third kappa shape index (κ3) is 6.56. The van der Waals surface area contributed by atoms with Gasteiger partial charge in [-0.2, -0.15) is 0 Å². The standard InChI is InChI=1S/C13H19NO3/c1-2-16-13(15)8-4-3-5-10-17-12-7-6-9-14-11-12/h6-7,9,11H,2-5,8,10H2,1H3. The maximum Gasteiger partial charge on any atom is 0.305 e. The highest BCUT2D eigenvalue weighted by molar-refractivity contribution is 5.69. The lowest BCUT2D eigenvalue weighted by molar-refractivity contribution is -0.143. The fourth-order valence-electron chi connectivity index (χ4n) is 1.40. The molecule has 0 aromatic carbocycles. The topological polar surface area (TPSA) is 48.4 Å². The largest absolute Gasteiger partial charge is 0.492 e. The zero-order valence-electron chi connectivity index (χ0n) is 10.2. The van der Waals surface area contributed by atoms with Crippen molar-refractivity contribution in [2.75, 3.05) is 13.2 Å². The van der Waals surface area contributed by atoms with Crippen molar-refractivity contribution in [3.05, 3.63) is 24.5 Å². The third-order valence-electron chi connectivity index (χ3n) is 2.23. The minimum Gasteiger partial charge on any atom is -0.492 e. The Morgan fingerprint density at radius 1 is 1.35 bits per heavy atom. The van der Waals surface area contributed by atoms with Gasteiger partial charge >= 0.3 is 5.97 Å². The highest BCUT2D eigenvalue weighted by Gasteiger charge is 2.00. The van der Waals surface area contributed by atoms with E-state index in [9.17, 15) is 4.79 Å². The first-order valence-corrected chi connectivity index (χ1v) is 6.01. The predicted molar refractivity (Wildman–Crippen MR) is 64.8 cm³/mol. The van der Waals surface area contributed by atoms with Gasteiger partial charge in [0.05, 0.1) is 19.4 Å². The maximum absolute atomic E-state index is 11.0. The van der Waals surface area contributed by atoms with Gasteiger partial charge < -0.3 is 9.47 Å². The molecule has 1 aromatic rings. The van der Waals surface area contributed by atoms with Crippen LogP contribution >= 0.6 is 0 Å². The molecule has 0 saturated carbocycles. The lowest BCUT2D eigenvalue weighted by atomic mass is 10.2. The Morgan fingerprint density at radius 3 is 2.94 bits per heavy atom. The Labute approximate surface area is 102 Å². The summed E-state index contributed by atoms with van der Waals surface area (Å²) in [6.45, 7) is 2.94. The van der Waals surface area contributed by atoms with E-state index in [2.05, 4.69) is 4.98 Å². The van der Waals surface area contributed by atoms with E-state index < -0.39 is 0 Å². The number of carbonyl (C=O) groups is 1. The van der Waals surface area contributed by atoms with Crippen molar-refractivity contribution >= 4 is 5.97 Å². The molecule has 0 aliphatic rings. The number of ether oxygens (including phenoxy) is 2. The van der Waals surface area contributed by atoms with Crippen LogP contribution in [0.5, 0.6) is 5.75 Å². The zero-order chi connectivity index (χ0) is 12.3. The molecule has 1 rings (SSSR count). The first-order valence-electron chi connectivity index (χ1n) is 6.01. The van der Waals surface area contributed by atoms with Gasteiger partial charge in [0.2, 0.25) is 0 Å². The first kappa shape index (κ1) is 13.5. The van der Waals surface area contributed by atoms with Gasteiger partial charge in [-0.1, -0.05) is 0 Å². The van der Waals surface area contributed by atoms with E-state index in [1.54, 1.807) is 12.4 Å². The number of nitrogens with zero attached hydrogens (tertiary/aromatic N) is 1. The Balaban J connectivity index is 1.96. The molecule has 4 nitrogen and oxygen atoms in total. The molecule has 0 atom stereocenters. The second-order valence-corrected chi connectivity index (χ2v) is 3.65. The molecule has 0 saturated heterocycles. The SMILES string of the molecule is CCOC(=O)CCCCCOc1cccnc1. The van der Waals surface area contributed by atoms with E-state index in [1.807, 2.05) is 19.1 Å². The molecule has 0 bridgehead atoms. The Hall–Kier alpha value is -1.58. The number of esters is 1. The fourth-order valence-corrected chi connectivity index (χ4v) is 1.40. The molecule has 17 heavy (non-hydrogen) atoms. The van der Waals surface area contributed by atoms with Crippen LogP contribution in [0.4, 0.5) is 0 Å². The molecular formula is C13H19NO3. The van der Waals surface area contributed by atoms with Gasteiger partial charge in [0.25, 0.3) is 0 Å². The summed E-state index contributed by atoms with van der Waals surface area (Å²) in [6.07, 6.45) is 6.67. The molecule has 0 radical (unpaired) electrons. The number of unbranched alkanes of at least 4 members (excludes halogenated alkanes) is 2. The lowest BCUT2D eigenvalue weighted by Crippen LogP contribution is -2.04. The average Bonchev–Trinajstić information content (AvgIpc) is 2.35. The Bertz CT molecular complexity index is 314. The average molecular weight is 237 g/mol. The van der Waals surface area contributed by atoms with Gasteiger partial charge in [-0.05, 0) is 38.3 Å². The summed E-state index contributed by atoms with van der Waals surface area (Å²) < 4.78 is 10.3. The molecule has 0 N–H and O–H groups in total. The van der Waals surface area contributed by atoms with Crippen LogP contribution in [0.1, 0.15) is 32.6 Å². The lowest BCUT2D eigenvalue weighted by Gasteiger charge is -2.05. The molecule has 0 fully saturated rings. The summed E-state index contributed by atoms with van der Waals surface area (Å²) in [7, 11) is 0. The van der Waals surface area contributed by atoms with Gasteiger partial charge in [-0.3, -0.25) is 9.78 Å². The minimum atomic E-state index is -0.110. The van der Waals surface area contributed by atoms with Gasteiger partial charge in [-0.15, -0.1) is 0 Å². The fraction of sp³-hybridized carbons (Fsp3) is 0.538. The maximum atomic E-state index is 11.0. The molecule has 0 aliphatic carbocycles. The molecule has 1 aromatic heterocycles. The monoisotopic (exact) mass is 237 g/mol. The van der Waals surface area contributed by atoms with Crippen molar-refractivity contribution in [3.63, 3.8) is 0 Å². The van der Waals surface area contributed by atoms with E-state index in [0.29, 0.717) is 19.6 Å². The summed E-state index contributed by atoms with van der Waals surface area (Å²) in [5, 5.41) is 0. The van der Waals surface area contributed by atoms with E-state index >= 15 is 0 Å². The molecule has 0 amide bonds. The highest BCUT2D eigenvalue weighted by Crippen LogP contribution is 2.08. The highest BCUT2D eigenvalue weighted by atomic mass is 16.5. The number of carbonyl (C=O) groups excluding carboxylic acids is 1. The van der Waals surface area contributed by atoms with Crippen LogP contribution in [0.25, 0.3) is 0 Å². The van der Waals surface area contributed by atoms with Crippen LogP contribution in [0.2, 0.25) is 0 Å². The van der Waals surface area contributed by atoms with Crippen molar-refractivity contribution in [1.82, 2.24) is 4.98 Å². The van der Waals surface area contributed by atoms with Crippen molar-refractivity contribution < 1.29 is 14.3 Å². The van der Waals surface area contributed by atoms with E-state index in [4.69, 9.17) is 9.47 Å². The number of aromatic nitrogens is 1. The zero-order valence-corrected chi connectivity index (χ0v) is 10.2. The van der Waals surface area contributed by atoms with E-state index in [0.717, 1.165) is 25.0 Å². The van der Waals surface area contributed by atoms with Crippen LogP contribution in [-0.2, 0) is 9.53 Å². The smallest absolute Gasteiger partial charge is 0.305 e. The summed E-state index contributed by atoms with van der Waals surface area (Å²) in [4.78, 5) is 15.0. The van der Waals surface area contributed by atoms with Gasteiger partial charge in [-0.25, -0.2) is 0 Å². The summed E-state index contributed by atoms with van der Waals surface area (Å²) >= 11 is 0. The normalized spacial score (nSPS) is 9.94. The number of rotatable bonds is 8. The second-order valence-electron chi connectivity index (χ2n) is 3.65. The minimum absolute atomic E-state index is 0.110. The molecule has 1 heterocycles. The summed E-state index contributed by atoms with van der Waals surface area (Å²) in [5.41, 5.74) is 0. The van der Waals surface area contributed by atoms with Crippen molar-refractivity contribution in [2.45, 2.75) is 32.6 Å². The van der Waals surface area contributed by atoms with Gasteiger partial charge in [0.15, 0.2) is 0 Å². The van der Waals surface area contributed by atoms with Crippen molar-refractivity contribution in [2.24, 2.45) is 0 Å². The number of hydrogen-bond acceptors (Lipinski definition) is 4. The quantitative estimate of drug-likeness (QED) is 0.515. The van der Waals surface area contributed by atoms with E-state index in [-0.39, 0.29) is 5.97 Å². The molecule has 0 unspecified atom stereocenters. The van der Waals surface area contributed by atoms with Crippen LogP contribution in [0.3, 0.4) is 0 Å². The third-order valence-corrected chi connectivity index (χ3v) is 2.23. The summed E-state index contributed by atoms with van der Waals surface area (Å²) in [6, 6.07) is 3.72. The molecule has 94 valence electrons. The number of pyridine rings is 1. The van der Waals surface area contributed by atoms with Crippen LogP contribution in [-0.4, -0.2) is 24.2 Å². The van der Waals surface area contributed by atoms with Gasteiger partial charge in [0.1, 0.15) is 5.75 Å². The van der Waals surface area contributed by atoms with E-state index in [1.165, 1.54) is 0 Å². The van der Waals surface area contributed by atoms with Crippen molar-refractivity contribution in [3.8, 4) is 5.75 Å². The molecule has 0 spiro atoms. The predicted octanol–water partition coefficient (Wildman–Crippen LogP) is 2.58. The van der Waals surface area contributed by atoms with Crippen LogP contribution < -0.4 is 4.74 Å². The molecular weight excluding hydrogens is 218 g/mol. The van der Waals surface area contributed by atoms with Crippen LogP contribution in [0.15, 0.2) is 24.5 Å². The van der Waals surface area contributed by atoms with Crippen molar-refractivity contribution in [1.29, 1.82) is 0 Å². The summed E-state index contributed by atoms with van der Waals surface area (Å²) in [5.74, 6) is 0.679. The number of hydrogen-bond donors (Lipinski definition) is 0. The van der Waals surface area contributed by atoms with Crippen LogP contribution in [0, 0.1) is 0 Å². The second kappa shape index (κ2) is 8.56. The first-order chi connectivity index (χ1) is 8.33. The molecule has 4 heteroatoms. The Morgan fingerprint density at radius 2 is 2.24 bits per heavy atom. The Kier molecular flexibility index (Phi) is 6.79.